The normalized spacial score (nSPS) is 12.6. The molecular formula is C55H36N2O. The molecule has 1 aliphatic carbocycles. The molecule has 0 aliphatic heterocycles. The minimum absolute atomic E-state index is 0.917. The van der Waals surface area contributed by atoms with Gasteiger partial charge >= 0.3 is 0 Å². The summed E-state index contributed by atoms with van der Waals surface area (Å²) < 4.78 is 11.0. The number of para-hydroxylation sites is 2. The summed E-state index contributed by atoms with van der Waals surface area (Å²) in [6.07, 6.45) is 9.55. The largest absolute Gasteiger partial charge is 0.456 e. The van der Waals surface area contributed by atoms with Crippen LogP contribution in [0.3, 0.4) is 0 Å². The number of benzene rings is 8. The lowest BCUT2D eigenvalue weighted by atomic mass is 10.00. The molecule has 0 amide bonds. The third-order valence-electron chi connectivity index (χ3n) is 11.9. The molecule has 3 heteroatoms. The SMILES string of the molecule is C1=Cc2oc3ccc(-c4ccc5c(c4)c4ccccc4n5-c4cccc(-c5ccc6c(c5)c5cc(-c7ccccc7)ccc5n6-c5ccccc5)c4)cc3c2C=CC1. The van der Waals surface area contributed by atoms with Crippen molar-refractivity contribution in [2.45, 2.75) is 6.42 Å². The second kappa shape index (κ2) is 13.0. The lowest BCUT2D eigenvalue weighted by Gasteiger charge is -2.11. The van der Waals surface area contributed by atoms with Crippen LogP contribution in [0.15, 0.2) is 199 Å². The van der Waals surface area contributed by atoms with E-state index in [1.54, 1.807) is 0 Å². The Balaban J connectivity index is 0.993. The van der Waals surface area contributed by atoms with Gasteiger partial charge in [0.1, 0.15) is 11.3 Å². The van der Waals surface area contributed by atoms with Crippen LogP contribution in [0.1, 0.15) is 17.7 Å². The van der Waals surface area contributed by atoms with E-state index in [1.165, 1.54) is 77.0 Å². The summed E-state index contributed by atoms with van der Waals surface area (Å²) in [6, 6.07) is 66.4. The molecule has 8 aromatic carbocycles. The van der Waals surface area contributed by atoms with Gasteiger partial charge < -0.3 is 13.6 Å². The van der Waals surface area contributed by atoms with Gasteiger partial charge in [-0.1, -0.05) is 121 Å². The molecule has 0 bridgehead atoms. The van der Waals surface area contributed by atoms with E-state index in [2.05, 4.69) is 215 Å². The molecule has 0 spiro atoms. The van der Waals surface area contributed by atoms with Gasteiger partial charge in [0, 0.05) is 43.9 Å². The number of nitrogens with zero attached hydrogens (tertiary/aromatic N) is 2. The van der Waals surface area contributed by atoms with Crippen molar-refractivity contribution in [2.75, 3.05) is 0 Å². The first-order chi connectivity index (χ1) is 28.7. The lowest BCUT2D eigenvalue weighted by Crippen LogP contribution is -1.94. The molecule has 1 aliphatic rings. The van der Waals surface area contributed by atoms with E-state index in [1.807, 2.05) is 0 Å². The topological polar surface area (TPSA) is 23.0 Å². The number of rotatable bonds is 5. The maximum atomic E-state index is 6.22. The van der Waals surface area contributed by atoms with E-state index >= 15 is 0 Å². The molecule has 58 heavy (non-hydrogen) atoms. The van der Waals surface area contributed by atoms with Crippen LogP contribution < -0.4 is 0 Å². The summed E-state index contributed by atoms with van der Waals surface area (Å²) in [6.45, 7) is 0. The van der Waals surface area contributed by atoms with Crippen molar-refractivity contribution < 1.29 is 4.42 Å². The van der Waals surface area contributed by atoms with Crippen LogP contribution in [0, 0.1) is 0 Å². The zero-order chi connectivity index (χ0) is 38.2. The molecule has 3 nitrogen and oxygen atoms in total. The zero-order valence-corrected chi connectivity index (χ0v) is 31.6. The van der Waals surface area contributed by atoms with Gasteiger partial charge in [0.05, 0.1) is 22.1 Å². The third-order valence-corrected chi connectivity index (χ3v) is 11.9. The van der Waals surface area contributed by atoms with Gasteiger partial charge in [0.15, 0.2) is 0 Å². The van der Waals surface area contributed by atoms with Crippen molar-refractivity contribution in [3.05, 3.63) is 205 Å². The Labute approximate surface area is 335 Å². The fourth-order valence-corrected chi connectivity index (χ4v) is 9.17. The van der Waals surface area contributed by atoms with E-state index in [-0.39, 0.29) is 0 Å². The third kappa shape index (κ3) is 5.14. The Morgan fingerprint density at radius 1 is 0.345 bits per heavy atom. The predicted octanol–water partition coefficient (Wildman–Crippen LogP) is 15.1. The van der Waals surface area contributed by atoms with Crippen molar-refractivity contribution >= 4 is 66.7 Å². The highest BCUT2D eigenvalue weighted by Crippen LogP contribution is 2.40. The number of allylic oxidation sites excluding steroid dienone is 2. The molecule has 12 rings (SSSR count). The standard InChI is InChI=1S/C55H36N2O/c1-4-13-36(14-5-1)38-23-27-52-47(32-38)48-34-39(24-29-53(48)56(52)42-16-6-2-7-17-42)37-15-12-18-43(31-37)57-50-21-11-10-19-44(50)46-33-40(25-28-51(46)57)41-26-30-55-49(35-41)45-20-8-3-9-22-54(45)58-55/h1-2,4-35H,3H2. The van der Waals surface area contributed by atoms with Gasteiger partial charge in [0.25, 0.3) is 0 Å². The van der Waals surface area contributed by atoms with Gasteiger partial charge in [-0.2, -0.15) is 0 Å². The van der Waals surface area contributed by atoms with E-state index in [0.717, 1.165) is 40.1 Å². The van der Waals surface area contributed by atoms with Crippen LogP contribution in [0.4, 0.5) is 0 Å². The zero-order valence-electron chi connectivity index (χ0n) is 31.6. The predicted molar refractivity (Wildman–Crippen MR) is 244 cm³/mol. The second-order valence-corrected chi connectivity index (χ2v) is 15.3. The van der Waals surface area contributed by atoms with Crippen molar-refractivity contribution in [2.24, 2.45) is 0 Å². The molecule has 0 saturated heterocycles. The molecule has 0 atom stereocenters. The van der Waals surface area contributed by atoms with Gasteiger partial charge in [-0.05, 0) is 125 Å². The number of aromatic nitrogens is 2. The highest BCUT2D eigenvalue weighted by molar-refractivity contribution is 6.13. The summed E-state index contributed by atoms with van der Waals surface area (Å²) in [5.41, 5.74) is 16.3. The maximum absolute atomic E-state index is 6.22. The fraction of sp³-hybridized carbons (Fsp3) is 0.0182. The Hall–Kier alpha value is -7.62. The highest BCUT2D eigenvalue weighted by atomic mass is 16.3. The molecular weight excluding hydrogens is 705 g/mol. The number of hydrogen-bond acceptors (Lipinski definition) is 1. The molecule has 0 N–H and O–H groups in total. The monoisotopic (exact) mass is 740 g/mol. The number of fused-ring (bicyclic) bond motifs is 9. The van der Waals surface area contributed by atoms with Crippen molar-refractivity contribution in [3.8, 4) is 44.8 Å². The number of hydrogen-bond donors (Lipinski definition) is 0. The Morgan fingerprint density at radius 3 is 1.57 bits per heavy atom. The molecule has 3 heterocycles. The summed E-state index contributed by atoms with van der Waals surface area (Å²) in [5, 5.41) is 6.10. The maximum Gasteiger partial charge on any atom is 0.135 e. The average molecular weight is 741 g/mol. The van der Waals surface area contributed by atoms with Crippen molar-refractivity contribution in [1.82, 2.24) is 9.13 Å². The smallest absolute Gasteiger partial charge is 0.135 e. The van der Waals surface area contributed by atoms with Gasteiger partial charge in [-0.3, -0.25) is 0 Å². The second-order valence-electron chi connectivity index (χ2n) is 15.3. The summed E-state index contributed by atoms with van der Waals surface area (Å²) >= 11 is 0. The lowest BCUT2D eigenvalue weighted by molar-refractivity contribution is 0.603. The Morgan fingerprint density at radius 2 is 0.845 bits per heavy atom. The van der Waals surface area contributed by atoms with Crippen LogP contribution >= 0.6 is 0 Å². The van der Waals surface area contributed by atoms with E-state index in [0.29, 0.717) is 0 Å². The van der Waals surface area contributed by atoms with Crippen molar-refractivity contribution in [3.63, 3.8) is 0 Å². The fourth-order valence-electron chi connectivity index (χ4n) is 9.17. The van der Waals surface area contributed by atoms with Crippen LogP contribution in [0.5, 0.6) is 0 Å². The van der Waals surface area contributed by atoms with E-state index in [9.17, 15) is 0 Å². The van der Waals surface area contributed by atoms with Gasteiger partial charge in [-0.25, -0.2) is 0 Å². The van der Waals surface area contributed by atoms with Gasteiger partial charge in [0.2, 0.25) is 0 Å². The van der Waals surface area contributed by atoms with Crippen LogP contribution in [-0.4, -0.2) is 9.13 Å². The minimum atomic E-state index is 0.917. The average Bonchev–Trinajstić information content (AvgIpc) is 3.85. The molecule has 0 radical (unpaired) electrons. The van der Waals surface area contributed by atoms with E-state index < -0.39 is 0 Å². The first-order valence-electron chi connectivity index (χ1n) is 20.0. The molecule has 272 valence electrons. The summed E-state index contributed by atoms with van der Waals surface area (Å²) in [5.74, 6) is 0.928. The minimum Gasteiger partial charge on any atom is -0.456 e. The van der Waals surface area contributed by atoms with Crippen molar-refractivity contribution in [1.29, 1.82) is 0 Å². The number of furan rings is 1. The summed E-state index contributed by atoms with van der Waals surface area (Å²) in [4.78, 5) is 0. The van der Waals surface area contributed by atoms with Gasteiger partial charge in [-0.15, -0.1) is 0 Å². The quantitative estimate of drug-likeness (QED) is 0.172. The first kappa shape index (κ1) is 32.6. The molecule has 0 fully saturated rings. The molecule has 0 saturated carbocycles. The molecule has 0 unspecified atom stereocenters. The van der Waals surface area contributed by atoms with Crippen LogP contribution in [0.25, 0.3) is 111 Å². The Kier molecular flexibility index (Phi) is 7.29. The van der Waals surface area contributed by atoms with E-state index in [4.69, 9.17) is 4.42 Å². The molecule has 3 aromatic heterocycles. The van der Waals surface area contributed by atoms with Crippen LogP contribution in [-0.2, 0) is 0 Å². The summed E-state index contributed by atoms with van der Waals surface area (Å²) in [7, 11) is 0. The highest BCUT2D eigenvalue weighted by Gasteiger charge is 2.18. The first-order valence-corrected chi connectivity index (χ1v) is 20.0. The Bertz CT molecular complexity index is 3470. The van der Waals surface area contributed by atoms with Crippen LogP contribution in [0.2, 0.25) is 0 Å². The molecule has 11 aromatic rings.